The Bertz CT molecular complexity index is 876. The monoisotopic (exact) mass is 387 g/mol. The molecule has 3 aromatic rings. The van der Waals surface area contributed by atoms with Crippen LogP contribution in [-0.4, -0.2) is 32.5 Å². The SMILES string of the molecule is COc1ccc(Br)c(C(=O)Nc2cnc(-n3ccnc3C)nc2)c1. The molecular weight excluding hydrogens is 374 g/mol. The normalized spacial score (nSPS) is 10.5. The molecule has 1 amide bonds. The number of nitrogens with one attached hydrogen (secondary N) is 1. The Hall–Kier alpha value is -2.74. The lowest BCUT2D eigenvalue weighted by Crippen LogP contribution is -2.13. The van der Waals surface area contributed by atoms with E-state index < -0.39 is 0 Å². The summed E-state index contributed by atoms with van der Waals surface area (Å²) in [5.74, 6) is 1.60. The van der Waals surface area contributed by atoms with E-state index in [0.29, 0.717) is 27.4 Å². The molecule has 0 unspecified atom stereocenters. The third-order valence-corrected chi connectivity index (χ3v) is 4.05. The minimum Gasteiger partial charge on any atom is -0.497 e. The molecule has 1 N–H and O–H groups in total. The summed E-state index contributed by atoms with van der Waals surface area (Å²) in [7, 11) is 1.55. The minimum absolute atomic E-state index is 0.282. The Morgan fingerprint density at radius 3 is 2.62 bits per heavy atom. The van der Waals surface area contributed by atoms with Crippen LogP contribution < -0.4 is 10.1 Å². The Morgan fingerprint density at radius 1 is 1.25 bits per heavy atom. The molecule has 0 spiro atoms. The van der Waals surface area contributed by atoms with E-state index in [9.17, 15) is 4.79 Å². The lowest BCUT2D eigenvalue weighted by molar-refractivity contribution is 0.102. The van der Waals surface area contributed by atoms with Crippen LogP contribution in [0.5, 0.6) is 5.75 Å². The van der Waals surface area contributed by atoms with Crippen LogP contribution in [0.1, 0.15) is 16.2 Å². The number of carbonyl (C=O) groups is 1. The van der Waals surface area contributed by atoms with Crippen LogP contribution in [-0.2, 0) is 0 Å². The van der Waals surface area contributed by atoms with Gasteiger partial charge < -0.3 is 10.1 Å². The van der Waals surface area contributed by atoms with Gasteiger partial charge in [0.2, 0.25) is 5.95 Å². The molecule has 0 aliphatic carbocycles. The highest BCUT2D eigenvalue weighted by Gasteiger charge is 2.12. The number of rotatable bonds is 4. The number of amides is 1. The number of aromatic nitrogens is 4. The van der Waals surface area contributed by atoms with Gasteiger partial charge in [-0.2, -0.15) is 0 Å². The Kier molecular flexibility index (Phi) is 4.57. The van der Waals surface area contributed by atoms with Crippen LogP contribution >= 0.6 is 15.9 Å². The number of carbonyl (C=O) groups excluding carboxylic acids is 1. The number of ether oxygens (including phenoxy) is 1. The third-order valence-electron chi connectivity index (χ3n) is 3.36. The van der Waals surface area contributed by atoms with Crippen molar-refractivity contribution in [2.24, 2.45) is 0 Å². The zero-order valence-electron chi connectivity index (χ0n) is 13.0. The summed E-state index contributed by atoms with van der Waals surface area (Å²) in [6, 6.07) is 5.19. The van der Waals surface area contributed by atoms with E-state index in [-0.39, 0.29) is 5.91 Å². The molecule has 0 saturated carbocycles. The van der Waals surface area contributed by atoms with Crippen LogP contribution in [0.3, 0.4) is 0 Å². The van der Waals surface area contributed by atoms with Crippen molar-refractivity contribution in [2.45, 2.75) is 6.92 Å². The van der Waals surface area contributed by atoms with Gasteiger partial charge in [-0.25, -0.2) is 15.0 Å². The number of hydrogen-bond donors (Lipinski definition) is 1. The fraction of sp³-hybridized carbons (Fsp3) is 0.125. The van der Waals surface area contributed by atoms with E-state index in [1.54, 1.807) is 54.7 Å². The summed E-state index contributed by atoms with van der Waals surface area (Å²) < 4.78 is 7.57. The molecule has 0 fully saturated rings. The van der Waals surface area contributed by atoms with Crippen LogP contribution in [0.25, 0.3) is 5.95 Å². The lowest BCUT2D eigenvalue weighted by atomic mass is 10.2. The number of benzene rings is 1. The first kappa shape index (κ1) is 16.1. The van der Waals surface area contributed by atoms with Crippen LogP contribution in [0.4, 0.5) is 5.69 Å². The second kappa shape index (κ2) is 6.79. The molecule has 2 aromatic heterocycles. The first-order valence-corrected chi connectivity index (χ1v) is 7.85. The number of anilines is 1. The van der Waals surface area contributed by atoms with Gasteiger partial charge in [0.1, 0.15) is 11.6 Å². The van der Waals surface area contributed by atoms with Gasteiger partial charge in [0.15, 0.2) is 0 Å². The van der Waals surface area contributed by atoms with Gasteiger partial charge in [-0.15, -0.1) is 0 Å². The number of aryl methyl sites for hydroxylation is 1. The molecule has 8 heteroatoms. The minimum atomic E-state index is -0.282. The van der Waals surface area contributed by atoms with Crippen molar-refractivity contribution < 1.29 is 9.53 Å². The van der Waals surface area contributed by atoms with E-state index in [2.05, 4.69) is 36.2 Å². The Balaban J connectivity index is 1.79. The van der Waals surface area contributed by atoms with E-state index in [0.717, 1.165) is 5.82 Å². The van der Waals surface area contributed by atoms with Crippen molar-refractivity contribution >= 4 is 27.5 Å². The van der Waals surface area contributed by atoms with Crippen LogP contribution in [0.15, 0.2) is 47.5 Å². The van der Waals surface area contributed by atoms with Crippen LogP contribution in [0, 0.1) is 6.92 Å². The quantitative estimate of drug-likeness (QED) is 0.743. The Labute approximate surface area is 146 Å². The van der Waals surface area contributed by atoms with E-state index in [4.69, 9.17) is 4.74 Å². The maximum absolute atomic E-state index is 12.4. The third kappa shape index (κ3) is 3.28. The van der Waals surface area contributed by atoms with Gasteiger partial charge in [0.05, 0.1) is 30.8 Å². The maximum atomic E-state index is 12.4. The van der Waals surface area contributed by atoms with Gasteiger partial charge in [0, 0.05) is 16.9 Å². The van der Waals surface area contributed by atoms with Gasteiger partial charge in [-0.1, -0.05) is 0 Å². The average molecular weight is 388 g/mol. The highest BCUT2D eigenvalue weighted by Crippen LogP contribution is 2.23. The van der Waals surface area contributed by atoms with Crippen molar-refractivity contribution in [3.8, 4) is 11.7 Å². The first-order chi connectivity index (χ1) is 11.6. The molecule has 0 aliphatic heterocycles. The summed E-state index contributed by atoms with van der Waals surface area (Å²) in [5.41, 5.74) is 0.958. The predicted octanol–water partition coefficient (Wildman–Crippen LogP) is 2.99. The van der Waals surface area contributed by atoms with E-state index in [1.165, 1.54) is 0 Å². The van der Waals surface area contributed by atoms with Crippen molar-refractivity contribution in [1.29, 1.82) is 0 Å². The fourth-order valence-corrected chi connectivity index (χ4v) is 2.53. The van der Waals surface area contributed by atoms with Gasteiger partial charge in [0.25, 0.3) is 5.91 Å². The first-order valence-electron chi connectivity index (χ1n) is 7.06. The Morgan fingerprint density at radius 2 is 2.00 bits per heavy atom. The number of halogens is 1. The topological polar surface area (TPSA) is 81.9 Å². The maximum Gasteiger partial charge on any atom is 0.257 e. The molecule has 0 radical (unpaired) electrons. The highest BCUT2D eigenvalue weighted by atomic mass is 79.9. The number of methoxy groups -OCH3 is 1. The zero-order valence-corrected chi connectivity index (χ0v) is 14.6. The largest absolute Gasteiger partial charge is 0.497 e. The number of hydrogen-bond acceptors (Lipinski definition) is 5. The second-order valence-corrected chi connectivity index (χ2v) is 5.77. The van der Waals surface area contributed by atoms with Crippen molar-refractivity contribution in [1.82, 2.24) is 19.5 Å². The second-order valence-electron chi connectivity index (χ2n) is 4.92. The number of nitrogens with zero attached hydrogens (tertiary/aromatic N) is 4. The molecule has 0 atom stereocenters. The molecule has 1 aromatic carbocycles. The number of imidazole rings is 1. The molecule has 24 heavy (non-hydrogen) atoms. The molecule has 2 heterocycles. The molecule has 0 aliphatic rings. The van der Waals surface area contributed by atoms with Gasteiger partial charge >= 0.3 is 0 Å². The van der Waals surface area contributed by atoms with Gasteiger partial charge in [-0.3, -0.25) is 9.36 Å². The average Bonchev–Trinajstić information content (AvgIpc) is 3.02. The summed E-state index contributed by atoms with van der Waals surface area (Å²) in [6.07, 6.45) is 6.55. The summed E-state index contributed by atoms with van der Waals surface area (Å²) in [6.45, 7) is 1.86. The molecule has 122 valence electrons. The highest BCUT2D eigenvalue weighted by molar-refractivity contribution is 9.10. The van der Waals surface area contributed by atoms with Crippen molar-refractivity contribution in [2.75, 3.05) is 12.4 Å². The van der Waals surface area contributed by atoms with Crippen LogP contribution in [0.2, 0.25) is 0 Å². The molecule has 7 nitrogen and oxygen atoms in total. The molecular formula is C16H14BrN5O2. The summed E-state index contributed by atoms with van der Waals surface area (Å²) >= 11 is 3.36. The van der Waals surface area contributed by atoms with Crippen molar-refractivity contribution in [3.05, 3.63) is 58.8 Å². The van der Waals surface area contributed by atoms with Crippen molar-refractivity contribution in [3.63, 3.8) is 0 Å². The molecule has 0 saturated heterocycles. The summed E-state index contributed by atoms with van der Waals surface area (Å²) in [5, 5.41) is 2.76. The smallest absolute Gasteiger partial charge is 0.257 e. The van der Waals surface area contributed by atoms with E-state index >= 15 is 0 Å². The predicted molar refractivity (Wildman–Crippen MR) is 92.5 cm³/mol. The fourth-order valence-electron chi connectivity index (χ4n) is 2.10. The molecule has 3 rings (SSSR count). The lowest BCUT2D eigenvalue weighted by Gasteiger charge is -2.09. The van der Waals surface area contributed by atoms with Gasteiger partial charge in [-0.05, 0) is 41.1 Å². The standard InChI is InChI=1S/C16H14BrN5O2/c1-10-18-5-6-22(10)16-19-8-11(9-20-16)21-15(23)13-7-12(24-2)3-4-14(13)17/h3-9H,1-2H3,(H,21,23). The molecule has 0 bridgehead atoms. The summed E-state index contributed by atoms with van der Waals surface area (Å²) in [4.78, 5) is 25.0. The van der Waals surface area contributed by atoms with E-state index in [1.807, 2.05) is 6.92 Å². The zero-order chi connectivity index (χ0) is 17.1.